The SMILES string of the molecule is CC1=CCS[C@H]2[C@H](NC(=O)C(N)c3csnn3)C(=O)N12. The van der Waals surface area contributed by atoms with Crippen LogP contribution in [-0.2, 0) is 9.59 Å². The van der Waals surface area contributed by atoms with Crippen LogP contribution in [-0.4, -0.2) is 43.5 Å². The number of thioether (sulfide) groups is 1. The van der Waals surface area contributed by atoms with E-state index in [1.54, 1.807) is 22.0 Å². The van der Waals surface area contributed by atoms with Gasteiger partial charge in [-0.15, -0.1) is 16.9 Å². The van der Waals surface area contributed by atoms with Crippen molar-refractivity contribution in [1.29, 1.82) is 0 Å². The summed E-state index contributed by atoms with van der Waals surface area (Å²) in [5, 5.41) is 8.08. The number of carbonyl (C=O) groups is 2. The van der Waals surface area contributed by atoms with Crippen molar-refractivity contribution in [2.24, 2.45) is 5.73 Å². The lowest BCUT2D eigenvalue weighted by Gasteiger charge is -2.49. The second-order valence-corrected chi connectivity index (χ2v) is 6.33. The van der Waals surface area contributed by atoms with Gasteiger partial charge in [0.25, 0.3) is 5.91 Å². The number of hydrogen-bond donors (Lipinski definition) is 2. The van der Waals surface area contributed by atoms with Crippen molar-refractivity contribution in [2.75, 3.05) is 5.75 Å². The lowest BCUT2D eigenvalue weighted by Crippen LogP contribution is -2.69. The highest BCUT2D eigenvalue weighted by atomic mass is 32.2. The van der Waals surface area contributed by atoms with Gasteiger partial charge in [0.1, 0.15) is 23.2 Å². The van der Waals surface area contributed by atoms with E-state index in [1.807, 2.05) is 13.0 Å². The van der Waals surface area contributed by atoms with Gasteiger partial charge in [0.2, 0.25) is 5.91 Å². The van der Waals surface area contributed by atoms with Crippen molar-refractivity contribution in [1.82, 2.24) is 19.8 Å². The first-order chi connectivity index (χ1) is 9.59. The molecule has 1 unspecified atom stereocenters. The van der Waals surface area contributed by atoms with E-state index in [2.05, 4.69) is 14.9 Å². The van der Waals surface area contributed by atoms with E-state index in [0.717, 1.165) is 23.0 Å². The zero-order valence-electron chi connectivity index (χ0n) is 10.6. The molecule has 1 fully saturated rings. The molecule has 1 aromatic rings. The number of nitrogens with zero attached hydrogens (tertiary/aromatic N) is 3. The van der Waals surface area contributed by atoms with Crippen LogP contribution in [0.3, 0.4) is 0 Å². The molecule has 2 aliphatic heterocycles. The van der Waals surface area contributed by atoms with Gasteiger partial charge in [-0.2, -0.15) is 0 Å². The molecule has 0 radical (unpaired) electrons. The van der Waals surface area contributed by atoms with Gasteiger partial charge < -0.3 is 11.1 Å². The summed E-state index contributed by atoms with van der Waals surface area (Å²) < 4.78 is 3.67. The van der Waals surface area contributed by atoms with E-state index >= 15 is 0 Å². The standard InChI is InChI=1S/C11H13N5O2S2/c1-5-2-3-19-11-8(10(18)16(5)11)13-9(17)7(12)6-4-20-15-14-6/h2,4,7-8,11H,3,12H2,1H3,(H,13,17)/t7?,8-,11+/m1/s1. The number of carbonyl (C=O) groups excluding carboxylic acids is 2. The Kier molecular flexibility index (Phi) is 3.48. The number of aromatic nitrogens is 2. The fraction of sp³-hybridized carbons (Fsp3) is 0.455. The van der Waals surface area contributed by atoms with Crippen LogP contribution in [0.5, 0.6) is 0 Å². The molecule has 2 amide bonds. The van der Waals surface area contributed by atoms with Crippen molar-refractivity contribution in [3.05, 3.63) is 22.8 Å². The van der Waals surface area contributed by atoms with E-state index in [4.69, 9.17) is 5.73 Å². The number of allylic oxidation sites excluding steroid dienone is 1. The molecule has 1 saturated heterocycles. The topological polar surface area (TPSA) is 101 Å². The van der Waals surface area contributed by atoms with Gasteiger partial charge in [0.15, 0.2) is 0 Å². The van der Waals surface area contributed by atoms with Gasteiger partial charge in [-0.05, 0) is 18.5 Å². The van der Waals surface area contributed by atoms with Gasteiger partial charge in [0.05, 0.1) is 0 Å². The first-order valence-corrected chi connectivity index (χ1v) is 7.92. The Labute approximate surface area is 123 Å². The maximum atomic E-state index is 12.1. The number of amides is 2. The second kappa shape index (κ2) is 5.15. The summed E-state index contributed by atoms with van der Waals surface area (Å²) in [7, 11) is 0. The summed E-state index contributed by atoms with van der Waals surface area (Å²) in [6.45, 7) is 1.90. The number of β-lactam (4-membered cyclic amide) rings is 1. The van der Waals surface area contributed by atoms with Crippen LogP contribution < -0.4 is 11.1 Å². The molecule has 106 valence electrons. The van der Waals surface area contributed by atoms with Crippen LogP contribution in [0, 0.1) is 0 Å². The highest BCUT2D eigenvalue weighted by Crippen LogP contribution is 2.37. The largest absolute Gasteiger partial charge is 0.340 e. The summed E-state index contributed by atoms with van der Waals surface area (Å²) in [4.78, 5) is 25.8. The Hall–Kier alpha value is -1.45. The van der Waals surface area contributed by atoms with Crippen molar-refractivity contribution in [3.8, 4) is 0 Å². The molecule has 0 spiro atoms. The first kappa shape index (κ1) is 13.5. The van der Waals surface area contributed by atoms with Gasteiger partial charge in [-0.25, -0.2) is 0 Å². The second-order valence-electron chi connectivity index (χ2n) is 4.57. The molecule has 0 aliphatic carbocycles. The van der Waals surface area contributed by atoms with Crippen LogP contribution in [0.1, 0.15) is 18.7 Å². The average Bonchev–Trinajstić information content (AvgIpc) is 2.97. The Morgan fingerprint density at radius 2 is 2.45 bits per heavy atom. The lowest BCUT2D eigenvalue weighted by molar-refractivity contribution is -0.146. The molecule has 2 aliphatic rings. The number of fused-ring (bicyclic) bond motifs is 1. The fourth-order valence-electron chi connectivity index (χ4n) is 2.19. The molecule has 1 aromatic heterocycles. The average molecular weight is 311 g/mol. The molecular formula is C11H13N5O2S2. The summed E-state index contributed by atoms with van der Waals surface area (Å²) in [5.74, 6) is 0.353. The normalized spacial score (nSPS) is 26.4. The van der Waals surface area contributed by atoms with Gasteiger partial charge in [-0.1, -0.05) is 10.6 Å². The van der Waals surface area contributed by atoms with E-state index in [1.165, 1.54) is 0 Å². The predicted molar refractivity (Wildman–Crippen MR) is 75.6 cm³/mol. The molecule has 0 saturated carbocycles. The minimum Gasteiger partial charge on any atom is -0.340 e. The third-order valence-electron chi connectivity index (χ3n) is 3.34. The molecule has 0 aromatic carbocycles. The van der Waals surface area contributed by atoms with Crippen molar-refractivity contribution in [3.63, 3.8) is 0 Å². The van der Waals surface area contributed by atoms with Crippen LogP contribution >= 0.6 is 23.3 Å². The zero-order valence-corrected chi connectivity index (χ0v) is 12.3. The summed E-state index contributed by atoms with van der Waals surface area (Å²) in [6.07, 6.45) is 2.00. The number of nitrogens with one attached hydrogen (secondary N) is 1. The smallest absolute Gasteiger partial charge is 0.253 e. The Morgan fingerprint density at radius 3 is 3.15 bits per heavy atom. The number of nitrogens with two attached hydrogens (primary N) is 1. The molecule has 3 rings (SSSR count). The molecule has 3 N–H and O–H groups in total. The Morgan fingerprint density at radius 1 is 1.65 bits per heavy atom. The molecule has 20 heavy (non-hydrogen) atoms. The van der Waals surface area contributed by atoms with Crippen LogP contribution in [0.15, 0.2) is 17.2 Å². The van der Waals surface area contributed by atoms with Crippen molar-refractivity contribution >= 4 is 35.1 Å². The maximum Gasteiger partial charge on any atom is 0.253 e. The Balaban J connectivity index is 1.66. The third kappa shape index (κ3) is 2.11. The van der Waals surface area contributed by atoms with E-state index in [0.29, 0.717) is 5.69 Å². The van der Waals surface area contributed by atoms with E-state index in [-0.39, 0.29) is 11.3 Å². The summed E-state index contributed by atoms with van der Waals surface area (Å²) >= 11 is 2.76. The highest BCUT2D eigenvalue weighted by molar-refractivity contribution is 8.00. The third-order valence-corrected chi connectivity index (χ3v) is 5.05. The highest BCUT2D eigenvalue weighted by Gasteiger charge is 2.50. The molecule has 0 bridgehead atoms. The Bertz CT molecular complexity index is 573. The molecule has 7 nitrogen and oxygen atoms in total. The van der Waals surface area contributed by atoms with Gasteiger partial charge in [0, 0.05) is 16.8 Å². The zero-order chi connectivity index (χ0) is 14.3. The minimum atomic E-state index is -0.888. The van der Waals surface area contributed by atoms with Crippen LogP contribution in [0.2, 0.25) is 0 Å². The van der Waals surface area contributed by atoms with E-state index in [9.17, 15) is 9.59 Å². The quantitative estimate of drug-likeness (QED) is 0.752. The minimum absolute atomic E-state index is 0.0304. The lowest BCUT2D eigenvalue weighted by atomic mass is 10.0. The molecule has 9 heteroatoms. The van der Waals surface area contributed by atoms with Gasteiger partial charge >= 0.3 is 0 Å². The maximum absolute atomic E-state index is 12.1. The first-order valence-electron chi connectivity index (χ1n) is 6.04. The van der Waals surface area contributed by atoms with E-state index < -0.39 is 18.0 Å². The monoisotopic (exact) mass is 311 g/mol. The number of hydrogen-bond acceptors (Lipinski definition) is 7. The van der Waals surface area contributed by atoms with Crippen molar-refractivity contribution < 1.29 is 9.59 Å². The van der Waals surface area contributed by atoms with Crippen LogP contribution in [0.25, 0.3) is 0 Å². The summed E-state index contributed by atoms with van der Waals surface area (Å²) in [6, 6.07) is -1.39. The van der Waals surface area contributed by atoms with Crippen molar-refractivity contribution in [2.45, 2.75) is 24.4 Å². The molecular weight excluding hydrogens is 298 g/mol. The van der Waals surface area contributed by atoms with Gasteiger partial charge in [-0.3, -0.25) is 14.5 Å². The number of rotatable bonds is 3. The van der Waals surface area contributed by atoms with Crippen LogP contribution in [0.4, 0.5) is 0 Å². The molecule has 3 heterocycles. The predicted octanol–water partition coefficient (Wildman–Crippen LogP) is -0.158. The fourth-order valence-corrected chi connectivity index (χ4v) is 4.01. The molecule has 3 atom stereocenters. The summed E-state index contributed by atoms with van der Waals surface area (Å²) in [5.41, 5.74) is 7.16.